The molecule has 33 heavy (non-hydrogen) atoms. The Morgan fingerprint density at radius 1 is 1.12 bits per heavy atom. The molecule has 5 nitrogen and oxygen atoms in total. The molecule has 1 aliphatic heterocycles. The van der Waals surface area contributed by atoms with Crippen LogP contribution in [0.3, 0.4) is 0 Å². The van der Waals surface area contributed by atoms with Crippen molar-refractivity contribution in [3.05, 3.63) is 71.3 Å². The average molecular weight is 445 g/mol. The molecule has 4 aromatic rings. The van der Waals surface area contributed by atoms with Gasteiger partial charge in [-0.15, -0.1) is 0 Å². The van der Waals surface area contributed by atoms with Gasteiger partial charge in [-0.05, 0) is 75.1 Å². The number of H-pyrrole nitrogens is 1. The number of benzene rings is 2. The van der Waals surface area contributed by atoms with Gasteiger partial charge in [0.05, 0.1) is 5.52 Å². The summed E-state index contributed by atoms with van der Waals surface area (Å²) in [6.45, 7) is 6.35. The zero-order valence-corrected chi connectivity index (χ0v) is 19.1. The van der Waals surface area contributed by atoms with Crippen molar-refractivity contribution < 1.29 is 9.18 Å². The summed E-state index contributed by atoms with van der Waals surface area (Å²) in [6, 6.07) is 13.2. The van der Waals surface area contributed by atoms with E-state index in [9.17, 15) is 9.18 Å². The van der Waals surface area contributed by atoms with Gasteiger partial charge in [0.25, 0.3) is 0 Å². The van der Waals surface area contributed by atoms with E-state index in [4.69, 9.17) is 0 Å². The molecule has 2 N–H and O–H groups in total. The molecule has 1 saturated heterocycles. The van der Waals surface area contributed by atoms with Crippen LogP contribution in [0, 0.1) is 25.6 Å². The number of nitrogens with one attached hydrogen (secondary N) is 2. The van der Waals surface area contributed by atoms with Crippen LogP contribution in [0.4, 0.5) is 10.1 Å². The van der Waals surface area contributed by atoms with Crippen LogP contribution in [-0.4, -0.2) is 35.5 Å². The maximum Gasteiger partial charge on any atom is 0.223 e. The predicted molar refractivity (Wildman–Crippen MR) is 131 cm³/mol. The van der Waals surface area contributed by atoms with Crippen LogP contribution >= 0.6 is 0 Å². The summed E-state index contributed by atoms with van der Waals surface area (Å²) in [5.41, 5.74) is 6.45. The predicted octanol–water partition coefficient (Wildman–Crippen LogP) is 5.05. The first kappa shape index (κ1) is 21.4. The minimum Gasteiger partial charge on any atom is -0.371 e. The molecule has 3 heterocycles. The average Bonchev–Trinajstić information content (AvgIpc) is 3.13. The highest BCUT2D eigenvalue weighted by Gasteiger charge is 2.26. The third kappa shape index (κ3) is 4.30. The number of amides is 1. The fourth-order valence-electron chi connectivity index (χ4n) is 5.04. The van der Waals surface area contributed by atoms with Crippen molar-refractivity contribution in [1.82, 2.24) is 15.3 Å². The molecule has 1 aliphatic rings. The molecule has 0 radical (unpaired) electrons. The van der Waals surface area contributed by atoms with E-state index in [0.717, 1.165) is 53.6 Å². The Morgan fingerprint density at radius 3 is 2.76 bits per heavy atom. The smallest absolute Gasteiger partial charge is 0.223 e. The van der Waals surface area contributed by atoms with Crippen LogP contribution in [-0.2, 0) is 11.2 Å². The van der Waals surface area contributed by atoms with Gasteiger partial charge in [-0.25, -0.2) is 4.39 Å². The maximum atomic E-state index is 13.7. The van der Waals surface area contributed by atoms with Gasteiger partial charge < -0.3 is 15.2 Å². The van der Waals surface area contributed by atoms with E-state index >= 15 is 0 Å². The summed E-state index contributed by atoms with van der Waals surface area (Å²) in [5.74, 6) is -0.0953. The molecule has 0 atom stereocenters. The standard InChI is InChI=1S/C27H29FN4O/c1-17-3-5-24-23(15-17)26(8-12-29-24)32-13-9-19(10-14-32)27(33)30-11-7-21-18(2)31-25-6-4-20(28)16-22(21)25/h3-6,8,12,15-16,19,31H,7,9-11,13-14H2,1-2H3,(H,30,33). The lowest BCUT2D eigenvalue weighted by Crippen LogP contribution is -2.41. The quantitative estimate of drug-likeness (QED) is 0.453. The molecule has 170 valence electrons. The first-order valence-corrected chi connectivity index (χ1v) is 11.6. The number of hydrogen-bond acceptors (Lipinski definition) is 3. The number of fused-ring (bicyclic) bond motifs is 2. The molecule has 1 fully saturated rings. The highest BCUT2D eigenvalue weighted by Crippen LogP contribution is 2.30. The lowest BCUT2D eigenvalue weighted by atomic mass is 9.95. The van der Waals surface area contributed by atoms with E-state index in [1.54, 1.807) is 12.1 Å². The van der Waals surface area contributed by atoms with Crippen molar-refractivity contribution in [2.45, 2.75) is 33.1 Å². The van der Waals surface area contributed by atoms with E-state index in [2.05, 4.69) is 51.4 Å². The number of pyridine rings is 1. The summed E-state index contributed by atoms with van der Waals surface area (Å²) in [6.07, 6.45) is 4.21. The Balaban J connectivity index is 1.19. The highest BCUT2D eigenvalue weighted by molar-refractivity contribution is 5.92. The molecular weight excluding hydrogens is 415 g/mol. The van der Waals surface area contributed by atoms with Crippen LogP contribution in [0.1, 0.15) is 29.7 Å². The molecule has 0 spiro atoms. The number of halogens is 1. The minimum atomic E-state index is -0.240. The molecule has 0 saturated carbocycles. The van der Waals surface area contributed by atoms with Gasteiger partial charge in [-0.2, -0.15) is 0 Å². The minimum absolute atomic E-state index is 0.0256. The van der Waals surface area contributed by atoms with Crippen molar-refractivity contribution in [2.75, 3.05) is 24.5 Å². The van der Waals surface area contributed by atoms with Crippen LogP contribution < -0.4 is 10.2 Å². The van der Waals surface area contributed by atoms with E-state index in [1.807, 2.05) is 13.1 Å². The molecule has 0 bridgehead atoms. The number of rotatable bonds is 5. The summed E-state index contributed by atoms with van der Waals surface area (Å²) in [7, 11) is 0. The van der Waals surface area contributed by atoms with Gasteiger partial charge in [0.15, 0.2) is 0 Å². The van der Waals surface area contributed by atoms with Crippen LogP contribution in [0.15, 0.2) is 48.7 Å². The van der Waals surface area contributed by atoms with Gasteiger partial charge in [0.2, 0.25) is 5.91 Å². The van der Waals surface area contributed by atoms with Crippen LogP contribution in [0.2, 0.25) is 0 Å². The number of aromatic nitrogens is 2. The Kier molecular flexibility index (Phi) is 5.75. The third-order valence-electron chi connectivity index (χ3n) is 6.84. The molecule has 2 aromatic heterocycles. The summed E-state index contributed by atoms with van der Waals surface area (Å²) >= 11 is 0. The summed E-state index contributed by atoms with van der Waals surface area (Å²) < 4.78 is 13.7. The number of nitrogens with zero attached hydrogens (tertiary/aromatic N) is 2. The molecule has 2 aromatic carbocycles. The van der Waals surface area contributed by atoms with Crippen molar-refractivity contribution in [3.63, 3.8) is 0 Å². The van der Waals surface area contributed by atoms with E-state index in [-0.39, 0.29) is 17.6 Å². The normalized spacial score (nSPS) is 14.8. The van der Waals surface area contributed by atoms with Gasteiger partial charge in [0, 0.05) is 59.4 Å². The lowest BCUT2D eigenvalue weighted by Gasteiger charge is -2.33. The number of hydrogen-bond donors (Lipinski definition) is 2. The molecule has 1 amide bonds. The van der Waals surface area contributed by atoms with Gasteiger partial charge >= 0.3 is 0 Å². The molecule has 5 rings (SSSR count). The maximum absolute atomic E-state index is 13.7. The monoisotopic (exact) mass is 444 g/mol. The van der Waals surface area contributed by atoms with E-state index in [0.29, 0.717) is 13.0 Å². The lowest BCUT2D eigenvalue weighted by molar-refractivity contribution is -0.125. The fraction of sp³-hybridized carbons (Fsp3) is 0.333. The van der Waals surface area contributed by atoms with Gasteiger partial charge in [-0.1, -0.05) is 11.6 Å². The Morgan fingerprint density at radius 2 is 1.94 bits per heavy atom. The first-order valence-electron chi connectivity index (χ1n) is 11.6. The molecule has 0 aliphatic carbocycles. The second kappa shape index (κ2) is 8.85. The van der Waals surface area contributed by atoms with Crippen LogP contribution in [0.25, 0.3) is 21.8 Å². The third-order valence-corrected chi connectivity index (χ3v) is 6.84. The zero-order chi connectivity index (χ0) is 22.9. The number of piperidine rings is 1. The molecule has 6 heteroatoms. The number of aromatic amines is 1. The Hall–Kier alpha value is -3.41. The fourth-order valence-corrected chi connectivity index (χ4v) is 5.04. The van der Waals surface area contributed by atoms with Gasteiger partial charge in [0.1, 0.15) is 5.82 Å². The van der Waals surface area contributed by atoms with Gasteiger partial charge in [-0.3, -0.25) is 9.78 Å². The number of carbonyl (C=O) groups excluding carboxylic acids is 1. The van der Waals surface area contributed by atoms with E-state index < -0.39 is 0 Å². The Bertz CT molecular complexity index is 1320. The molecule has 0 unspecified atom stereocenters. The second-order valence-electron chi connectivity index (χ2n) is 9.07. The van der Waals surface area contributed by atoms with Crippen molar-refractivity contribution in [3.8, 4) is 0 Å². The zero-order valence-electron chi connectivity index (χ0n) is 19.1. The van der Waals surface area contributed by atoms with Crippen LogP contribution in [0.5, 0.6) is 0 Å². The highest BCUT2D eigenvalue weighted by atomic mass is 19.1. The van der Waals surface area contributed by atoms with Crippen molar-refractivity contribution in [2.24, 2.45) is 5.92 Å². The largest absolute Gasteiger partial charge is 0.371 e. The number of anilines is 1. The summed E-state index contributed by atoms with van der Waals surface area (Å²) in [5, 5.41) is 5.18. The first-order chi connectivity index (χ1) is 16.0. The summed E-state index contributed by atoms with van der Waals surface area (Å²) in [4.78, 5) is 23.0. The Labute approximate surface area is 193 Å². The van der Waals surface area contributed by atoms with E-state index in [1.165, 1.54) is 22.7 Å². The SMILES string of the molecule is Cc1ccc2nccc(N3CCC(C(=O)NCCc4c(C)[nH]c5ccc(F)cc45)CC3)c2c1. The van der Waals surface area contributed by atoms with Crippen molar-refractivity contribution >= 4 is 33.4 Å². The van der Waals surface area contributed by atoms with Crippen molar-refractivity contribution in [1.29, 1.82) is 0 Å². The topological polar surface area (TPSA) is 61.0 Å². The number of carbonyl (C=O) groups is 1. The number of aryl methyl sites for hydroxylation is 2. The molecular formula is C27H29FN4O. The second-order valence-corrected chi connectivity index (χ2v) is 9.07.